The number of oxazole rings is 1. The van der Waals surface area contributed by atoms with E-state index in [4.69, 9.17) is 25.5 Å². The monoisotopic (exact) mass is 501 g/mol. The molecule has 0 radical (unpaired) electrons. The fourth-order valence-electron chi connectivity index (χ4n) is 3.30. The Morgan fingerprint density at radius 2 is 1.94 bits per heavy atom. The fourth-order valence-corrected chi connectivity index (χ4v) is 4.10. The van der Waals surface area contributed by atoms with Crippen molar-refractivity contribution in [3.05, 3.63) is 70.2 Å². The van der Waals surface area contributed by atoms with Crippen molar-refractivity contribution < 1.29 is 18.1 Å². The van der Waals surface area contributed by atoms with Gasteiger partial charge in [0.1, 0.15) is 11.8 Å². The van der Waals surface area contributed by atoms with Crippen molar-refractivity contribution in [2.24, 2.45) is 0 Å². The molecule has 1 N–H and O–H groups in total. The lowest BCUT2D eigenvalue weighted by molar-refractivity contribution is 0.265. The molecule has 0 fully saturated rings. The highest BCUT2D eigenvalue weighted by Gasteiger charge is 2.26. The van der Waals surface area contributed by atoms with E-state index in [1.807, 2.05) is 43.3 Å². The van der Waals surface area contributed by atoms with E-state index in [9.17, 15) is 9.47 Å². The molecule has 34 heavy (non-hydrogen) atoms. The first-order valence-corrected chi connectivity index (χ1v) is 13.2. The number of nitrogens with zero attached hydrogens (tertiary/aromatic N) is 2. The summed E-state index contributed by atoms with van der Waals surface area (Å²) in [5.74, 6) is 5.21. The Morgan fingerprint density at radius 1 is 1.24 bits per heavy atom. The molecule has 0 spiro atoms. The van der Waals surface area contributed by atoms with Crippen LogP contribution in [0.25, 0.3) is 0 Å². The molecule has 180 valence electrons. The summed E-state index contributed by atoms with van der Waals surface area (Å²) in [5, 5.41) is 10.0. The molecule has 0 aliphatic carbocycles. The average Bonchev–Trinajstić information content (AvgIpc) is 3.22. The predicted octanol–water partition coefficient (Wildman–Crippen LogP) is 5.57. The predicted molar refractivity (Wildman–Crippen MR) is 136 cm³/mol. The van der Waals surface area contributed by atoms with Gasteiger partial charge < -0.3 is 13.9 Å². The van der Waals surface area contributed by atoms with Crippen LogP contribution in [0.5, 0.6) is 11.5 Å². The van der Waals surface area contributed by atoms with Crippen LogP contribution in [0, 0.1) is 11.3 Å². The van der Waals surface area contributed by atoms with Crippen LogP contribution in [0.4, 0.5) is 5.88 Å². The summed E-state index contributed by atoms with van der Waals surface area (Å²) in [6, 6.07) is 13.5. The summed E-state index contributed by atoms with van der Waals surface area (Å²) in [5.41, 5.74) is 1.94. The fraction of sp³-hybridized carbons (Fsp3) is 0.320. The Morgan fingerprint density at radius 3 is 2.56 bits per heavy atom. The minimum atomic E-state index is -2.44. The van der Waals surface area contributed by atoms with Gasteiger partial charge in [-0.1, -0.05) is 44.5 Å². The largest absolute Gasteiger partial charge is 0.491 e. The molecule has 0 amide bonds. The lowest BCUT2D eigenvalue weighted by Crippen LogP contribution is -2.19. The number of hydrogen-bond acceptors (Lipinski definition) is 6. The number of nitriles is 1. The smallest absolute Gasteiger partial charge is 0.234 e. The number of anilines is 1. The van der Waals surface area contributed by atoms with E-state index in [1.54, 1.807) is 0 Å². The minimum Gasteiger partial charge on any atom is -0.491 e. The molecule has 0 aliphatic rings. The van der Waals surface area contributed by atoms with E-state index < -0.39 is 15.1 Å². The van der Waals surface area contributed by atoms with Crippen molar-refractivity contribution >= 4 is 33.1 Å². The average molecular weight is 502 g/mol. The van der Waals surface area contributed by atoms with Crippen LogP contribution in [0.3, 0.4) is 0 Å². The van der Waals surface area contributed by atoms with Crippen LogP contribution >= 0.6 is 11.6 Å². The quantitative estimate of drug-likeness (QED) is 0.365. The standard InChI is InChI=1S/C25H28ClN3O4S/c1-6-11-31-24-17(14-27)12-19(13-21(24)26)25(2,3)18-7-9-20(10-8-18)32-16-23-28-15-22(33-23)29-34(4,5)30/h7-10,12-13,15H,4,6,11,16H2,1-3,5H3,(H,29,30). The molecule has 7 nitrogen and oxygen atoms in total. The molecule has 1 heterocycles. The van der Waals surface area contributed by atoms with Crippen molar-refractivity contribution in [3.8, 4) is 17.6 Å². The third kappa shape index (κ3) is 6.25. The summed E-state index contributed by atoms with van der Waals surface area (Å²) in [7, 11) is -2.44. The molecule has 1 aromatic heterocycles. The zero-order valence-corrected chi connectivity index (χ0v) is 21.3. The van der Waals surface area contributed by atoms with Gasteiger partial charge in [0.15, 0.2) is 12.4 Å². The van der Waals surface area contributed by atoms with Gasteiger partial charge in [0.05, 0.1) is 23.4 Å². The number of hydrogen-bond donors (Lipinski definition) is 1. The van der Waals surface area contributed by atoms with Crippen LogP contribution in [0.2, 0.25) is 5.02 Å². The van der Waals surface area contributed by atoms with Crippen LogP contribution in [0.15, 0.2) is 47.0 Å². The van der Waals surface area contributed by atoms with Gasteiger partial charge >= 0.3 is 0 Å². The summed E-state index contributed by atoms with van der Waals surface area (Å²) in [4.78, 5) is 4.11. The number of nitrogens with one attached hydrogen (secondary N) is 1. The molecule has 0 aliphatic heterocycles. The van der Waals surface area contributed by atoms with E-state index in [1.165, 1.54) is 12.5 Å². The van der Waals surface area contributed by atoms with Gasteiger partial charge in [0, 0.05) is 21.4 Å². The second-order valence-electron chi connectivity index (χ2n) is 8.46. The van der Waals surface area contributed by atoms with Crippen LogP contribution in [0.1, 0.15) is 49.8 Å². The second kappa shape index (κ2) is 10.4. The van der Waals surface area contributed by atoms with E-state index in [-0.39, 0.29) is 12.5 Å². The summed E-state index contributed by atoms with van der Waals surface area (Å²) in [6.07, 6.45) is 3.74. The van der Waals surface area contributed by atoms with E-state index >= 15 is 0 Å². The van der Waals surface area contributed by atoms with E-state index in [0.29, 0.717) is 34.6 Å². The maximum atomic E-state index is 11.7. The zero-order chi connectivity index (χ0) is 24.9. The molecule has 2 aromatic carbocycles. The molecular formula is C25H28ClN3O4S. The first kappa shape index (κ1) is 25.5. The highest BCUT2D eigenvalue weighted by molar-refractivity contribution is 8.00. The number of benzene rings is 2. The molecule has 9 heteroatoms. The Hall–Kier alpha value is -3.15. The SMILES string of the molecule is C=S(C)(=O)Nc1cnc(COc2ccc(C(C)(C)c3cc(Cl)c(OCCC)c(C#N)c3)cc2)o1. The van der Waals surface area contributed by atoms with Crippen molar-refractivity contribution in [2.75, 3.05) is 17.6 Å². The van der Waals surface area contributed by atoms with Crippen molar-refractivity contribution in [2.45, 2.75) is 39.2 Å². The van der Waals surface area contributed by atoms with E-state index in [2.05, 4.69) is 35.5 Å². The number of rotatable bonds is 10. The van der Waals surface area contributed by atoms with Crippen LogP contribution in [-0.2, 0) is 21.7 Å². The Labute approximate surface area is 205 Å². The van der Waals surface area contributed by atoms with Gasteiger partial charge in [-0.2, -0.15) is 5.26 Å². The highest BCUT2D eigenvalue weighted by atomic mass is 35.5. The first-order chi connectivity index (χ1) is 16.0. The lowest BCUT2D eigenvalue weighted by Gasteiger charge is -2.27. The zero-order valence-electron chi connectivity index (χ0n) is 19.7. The highest BCUT2D eigenvalue weighted by Crippen LogP contribution is 2.38. The van der Waals surface area contributed by atoms with Gasteiger partial charge in [0.25, 0.3) is 0 Å². The third-order valence-electron chi connectivity index (χ3n) is 5.14. The van der Waals surface area contributed by atoms with Gasteiger partial charge in [-0.15, -0.1) is 0 Å². The Balaban J connectivity index is 1.73. The number of halogens is 1. The number of ether oxygens (including phenoxy) is 2. The van der Waals surface area contributed by atoms with Crippen LogP contribution in [-0.4, -0.2) is 27.9 Å². The number of aromatic nitrogens is 1. The second-order valence-corrected chi connectivity index (χ2v) is 11.1. The molecule has 3 aromatic rings. The van der Waals surface area contributed by atoms with Gasteiger partial charge in [-0.3, -0.25) is 4.72 Å². The maximum Gasteiger partial charge on any atom is 0.234 e. The molecule has 0 bridgehead atoms. The third-order valence-corrected chi connectivity index (χ3v) is 6.06. The first-order valence-electron chi connectivity index (χ1n) is 10.7. The van der Waals surface area contributed by atoms with Crippen LogP contribution < -0.4 is 14.2 Å². The van der Waals surface area contributed by atoms with E-state index in [0.717, 1.165) is 17.5 Å². The summed E-state index contributed by atoms with van der Waals surface area (Å²) in [6.45, 7) is 6.75. The lowest BCUT2D eigenvalue weighted by atomic mass is 9.77. The Kier molecular flexibility index (Phi) is 7.80. The summed E-state index contributed by atoms with van der Waals surface area (Å²) < 4.78 is 31.3. The molecular weight excluding hydrogens is 474 g/mol. The van der Waals surface area contributed by atoms with Crippen molar-refractivity contribution in [3.63, 3.8) is 0 Å². The molecule has 1 atom stereocenters. The molecule has 3 rings (SSSR count). The normalized spacial score (nSPS) is 13.1. The van der Waals surface area contributed by atoms with Gasteiger partial charge in [-0.05, 0) is 47.7 Å². The van der Waals surface area contributed by atoms with Crippen molar-refractivity contribution in [1.82, 2.24) is 4.98 Å². The maximum absolute atomic E-state index is 11.7. The molecule has 0 saturated carbocycles. The van der Waals surface area contributed by atoms with Crippen molar-refractivity contribution in [1.29, 1.82) is 5.26 Å². The van der Waals surface area contributed by atoms with Gasteiger partial charge in [-0.25, -0.2) is 9.19 Å². The van der Waals surface area contributed by atoms with Gasteiger partial charge in [0.2, 0.25) is 11.8 Å². The topological polar surface area (TPSA) is 97.4 Å². The summed E-state index contributed by atoms with van der Waals surface area (Å²) >= 11 is 6.47. The Bertz CT molecular complexity index is 1290. The minimum absolute atomic E-state index is 0.118. The molecule has 1 unspecified atom stereocenters. The molecule has 0 saturated heterocycles.